The van der Waals surface area contributed by atoms with Crippen molar-refractivity contribution in [2.24, 2.45) is 0 Å². The van der Waals surface area contributed by atoms with E-state index >= 15 is 0 Å². The summed E-state index contributed by atoms with van der Waals surface area (Å²) in [6.07, 6.45) is -4.29. The number of hydrogen-bond acceptors (Lipinski definition) is 9. The number of ether oxygens (including phenoxy) is 1. The molecule has 5 heterocycles. The summed E-state index contributed by atoms with van der Waals surface area (Å²) < 4.78 is 48.8. The average Bonchev–Trinajstić information content (AvgIpc) is 3.67. The van der Waals surface area contributed by atoms with Gasteiger partial charge in [-0.25, -0.2) is 4.98 Å². The SMILES string of the molecule is C[C@@H](O)c1ccc(-c2nc3n(CC(=O)Nc4ccc(C(F)(F)F)cc4Cl)c4c(c(=O)n3n2)C2(CCN(C(=O)c3ncccc3O)CC2)O[C@@H]4C)cc1. The Hall–Kier alpha value is -5.32. The average molecular weight is 738 g/mol. The second kappa shape index (κ2) is 13.0. The van der Waals surface area contributed by atoms with Crippen molar-refractivity contribution in [3.8, 4) is 17.1 Å². The van der Waals surface area contributed by atoms with Gasteiger partial charge in [0.2, 0.25) is 11.7 Å². The first-order chi connectivity index (χ1) is 24.7. The van der Waals surface area contributed by atoms with E-state index in [0.717, 1.165) is 16.6 Å². The van der Waals surface area contributed by atoms with Crippen molar-refractivity contribution >= 4 is 34.9 Å². The van der Waals surface area contributed by atoms with E-state index in [0.29, 0.717) is 22.9 Å². The molecule has 2 amide bonds. The predicted molar refractivity (Wildman–Crippen MR) is 181 cm³/mol. The molecule has 5 aromatic rings. The summed E-state index contributed by atoms with van der Waals surface area (Å²) in [6.45, 7) is 3.21. The van der Waals surface area contributed by atoms with Gasteiger partial charge in [-0.05, 0) is 62.6 Å². The van der Waals surface area contributed by atoms with Crippen LogP contribution in [0.25, 0.3) is 17.2 Å². The highest BCUT2D eigenvalue weighted by molar-refractivity contribution is 6.33. The summed E-state index contributed by atoms with van der Waals surface area (Å²) in [7, 11) is 0. The molecule has 17 heteroatoms. The van der Waals surface area contributed by atoms with Crippen LogP contribution in [0.5, 0.6) is 5.75 Å². The van der Waals surface area contributed by atoms with Crippen LogP contribution in [0.4, 0.5) is 18.9 Å². The van der Waals surface area contributed by atoms with Crippen molar-refractivity contribution in [1.82, 2.24) is 29.0 Å². The minimum atomic E-state index is -4.63. The minimum Gasteiger partial charge on any atom is -0.505 e. The topological polar surface area (TPSA) is 164 Å². The van der Waals surface area contributed by atoms with E-state index in [1.165, 1.54) is 27.8 Å². The number of carbonyl (C=O) groups is 2. The Kier molecular flexibility index (Phi) is 8.79. The van der Waals surface area contributed by atoms with Crippen molar-refractivity contribution in [3.63, 3.8) is 0 Å². The summed E-state index contributed by atoms with van der Waals surface area (Å²) in [5, 5.41) is 26.9. The van der Waals surface area contributed by atoms with E-state index in [1.807, 2.05) is 0 Å². The number of aromatic hydroxyl groups is 1. The Bertz CT molecular complexity index is 2280. The second-order valence-electron chi connectivity index (χ2n) is 12.8. The van der Waals surface area contributed by atoms with Gasteiger partial charge in [-0.3, -0.25) is 14.4 Å². The number of anilines is 1. The lowest BCUT2D eigenvalue weighted by Crippen LogP contribution is -2.47. The summed E-state index contributed by atoms with van der Waals surface area (Å²) in [5.74, 6) is -1.24. The molecule has 2 aliphatic rings. The van der Waals surface area contributed by atoms with Gasteiger partial charge in [0.1, 0.15) is 17.9 Å². The number of halogens is 4. The normalized spacial score (nSPS) is 17.4. The smallest absolute Gasteiger partial charge is 0.416 e. The van der Waals surface area contributed by atoms with Gasteiger partial charge in [-0.1, -0.05) is 35.9 Å². The molecule has 0 aliphatic carbocycles. The third-order valence-corrected chi connectivity index (χ3v) is 9.71. The molecular weight excluding hydrogens is 707 g/mol. The summed E-state index contributed by atoms with van der Waals surface area (Å²) in [6, 6.07) is 12.2. The molecule has 2 aliphatic heterocycles. The van der Waals surface area contributed by atoms with Crippen molar-refractivity contribution in [2.75, 3.05) is 18.4 Å². The Morgan fingerprint density at radius 2 is 1.85 bits per heavy atom. The Labute approximate surface area is 298 Å². The number of benzene rings is 2. The number of aliphatic hydroxyl groups is 1. The zero-order chi connectivity index (χ0) is 37.1. The number of amides is 2. The number of rotatable bonds is 6. The molecular formula is C35H31ClF3N7O6. The van der Waals surface area contributed by atoms with E-state index in [4.69, 9.17) is 16.3 Å². The maximum Gasteiger partial charge on any atom is 0.416 e. The molecule has 13 nitrogen and oxygen atoms in total. The molecule has 52 heavy (non-hydrogen) atoms. The highest BCUT2D eigenvalue weighted by Crippen LogP contribution is 2.48. The molecule has 1 saturated heterocycles. The molecule has 0 unspecified atom stereocenters. The maximum atomic E-state index is 14.4. The lowest BCUT2D eigenvalue weighted by molar-refractivity contribution is -0.137. The molecule has 0 saturated carbocycles. The molecule has 0 radical (unpaired) electrons. The Morgan fingerprint density at radius 3 is 2.48 bits per heavy atom. The van der Waals surface area contributed by atoms with Gasteiger partial charge in [0.25, 0.3) is 11.5 Å². The zero-order valence-corrected chi connectivity index (χ0v) is 28.4. The molecule has 7 rings (SSSR count). The number of likely N-dealkylation sites (tertiary alicyclic amines) is 1. The van der Waals surface area contributed by atoms with Crippen LogP contribution in [0.15, 0.2) is 65.6 Å². The van der Waals surface area contributed by atoms with Crippen molar-refractivity contribution in [3.05, 3.63) is 104 Å². The summed E-state index contributed by atoms with van der Waals surface area (Å²) in [4.78, 5) is 51.4. The van der Waals surface area contributed by atoms with Gasteiger partial charge < -0.3 is 29.7 Å². The van der Waals surface area contributed by atoms with Gasteiger partial charge >= 0.3 is 6.18 Å². The first-order valence-corrected chi connectivity index (χ1v) is 16.6. The van der Waals surface area contributed by atoms with Crippen LogP contribution in [0.2, 0.25) is 5.02 Å². The number of aromatic nitrogens is 5. The molecule has 2 atom stereocenters. The number of fused-ring (bicyclic) bond motifs is 3. The fraction of sp³-hybridized carbons (Fsp3) is 0.314. The zero-order valence-electron chi connectivity index (χ0n) is 27.7. The number of piperidine rings is 1. The second-order valence-corrected chi connectivity index (χ2v) is 13.2. The molecule has 2 aromatic carbocycles. The number of nitrogens with one attached hydrogen (secondary N) is 1. The number of aliphatic hydroxyl groups excluding tert-OH is 1. The van der Waals surface area contributed by atoms with Gasteiger partial charge in [-0.2, -0.15) is 22.7 Å². The van der Waals surface area contributed by atoms with E-state index in [-0.39, 0.29) is 65.3 Å². The first kappa shape index (κ1) is 35.1. The monoisotopic (exact) mass is 737 g/mol. The lowest BCUT2D eigenvalue weighted by atomic mass is 9.85. The molecule has 270 valence electrons. The largest absolute Gasteiger partial charge is 0.505 e. The van der Waals surface area contributed by atoms with E-state index in [1.54, 1.807) is 38.1 Å². The lowest BCUT2D eigenvalue weighted by Gasteiger charge is -2.39. The minimum absolute atomic E-state index is 0.0118. The van der Waals surface area contributed by atoms with Crippen LogP contribution in [-0.2, 0) is 27.9 Å². The third kappa shape index (κ3) is 6.16. The van der Waals surface area contributed by atoms with Gasteiger partial charge in [0.15, 0.2) is 11.5 Å². The maximum absolute atomic E-state index is 14.4. The number of pyridine rings is 1. The van der Waals surface area contributed by atoms with Crippen LogP contribution in [0.1, 0.15) is 71.8 Å². The molecule has 1 fully saturated rings. The highest BCUT2D eigenvalue weighted by atomic mass is 35.5. The van der Waals surface area contributed by atoms with Crippen LogP contribution in [-0.4, -0.2) is 64.2 Å². The van der Waals surface area contributed by atoms with Crippen molar-refractivity contribution < 1.29 is 37.7 Å². The fourth-order valence-electron chi connectivity index (χ4n) is 6.84. The summed E-state index contributed by atoms with van der Waals surface area (Å²) >= 11 is 6.13. The van der Waals surface area contributed by atoms with Crippen LogP contribution in [0.3, 0.4) is 0 Å². The van der Waals surface area contributed by atoms with Gasteiger partial charge in [0, 0.05) is 24.8 Å². The van der Waals surface area contributed by atoms with E-state index < -0.39 is 53.5 Å². The number of nitrogens with zero attached hydrogens (tertiary/aromatic N) is 6. The number of hydrogen-bond donors (Lipinski definition) is 3. The predicted octanol–water partition coefficient (Wildman–Crippen LogP) is 5.25. The van der Waals surface area contributed by atoms with E-state index in [9.17, 15) is 37.8 Å². The van der Waals surface area contributed by atoms with Crippen LogP contribution < -0.4 is 10.9 Å². The standard InChI is InChI=1S/C35H31ClF3N7O6/c1-18(47)20-5-7-21(8-6-20)30-42-33-45(17-26(49)41-24-10-9-22(16-23(24)36)35(37,38)39)29-19(2)52-34(27(29)31(50)46(33)43-30)11-14-44(15-12-34)32(51)28-25(48)4-3-13-40-28/h3-10,13,16,18-19,47-48H,11-12,14-15,17H2,1-2H3,(H,41,49)/t18-,19-/m1/s1. The molecule has 3 aromatic heterocycles. The van der Waals surface area contributed by atoms with Crippen LogP contribution in [0, 0.1) is 0 Å². The molecule has 1 spiro atoms. The molecule has 0 bridgehead atoms. The summed E-state index contributed by atoms with van der Waals surface area (Å²) in [5.41, 5.74) is -1.05. The van der Waals surface area contributed by atoms with Crippen LogP contribution >= 0.6 is 11.6 Å². The third-order valence-electron chi connectivity index (χ3n) is 9.40. The number of alkyl halides is 3. The van der Waals surface area contributed by atoms with E-state index in [2.05, 4.69) is 20.4 Å². The Balaban J connectivity index is 1.28. The van der Waals surface area contributed by atoms with Crippen molar-refractivity contribution in [1.29, 1.82) is 0 Å². The Morgan fingerprint density at radius 1 is 1.13 bits per heavy atom. The fourth-order valence-corrected chi connectivity index (χ4v) is 7.07. The van der Waals surface area contributed by atoms with Gasteiger partial charge in [-0.15, -0.1) is 5.10 Å². The number of carbonyl (C=O) groups excluding carboxylic acids is 2. The molecule has 3 N–H and O–H groups in total. The van der Waals surface area contributed by atoms with Gasteiger partial charge in [0.05, 0.1) is 39.7 Å². The first-order valence-electron chi connectivity index (χ1n) is 16.3. The highest BCUT2D eigenvalue weighted by Gasteiger charge is 2.50. The van der Waals surface area contributed by atoms with Crippen molar-refractivity contribution in [2.45, 2.75) is 57.2 Å². The quantitative estimate of drug-likeness (QED) is 0.211.